The monoisotopic (exact) mass is 407 g/mol. The zero-order valence-corrected chi connectivity index (χ0v) is 17.2. The zero-order chi connectivity index (χ0) is 20.6. The number of aryl methyl sites for hydroxylation is 1. The molecule has 1 N–H and O–H groups in total. The Bertz CT molecular complexity index is 781. The minimum Gasteiger partial charge on any atom is -0.456 e. The molecule has 0 bridgehead atoms. The minimum atomic E-state index is -0.427. The number of esters is 1. The molecule has 8 heteroatoms. The molecule has 152 valence electrons. The normalized spacial score (nSPS) is 11.3. The fraction of sp³-hybridized carbons (Fsp3) is 0.500. The summed E-state index contributed by atoms with van der Waals surface area (Å²) in [7, 11) is 0. The lowest BCUT2D eigenvalue weighted by atomic mass is 9.96. The molecule has 1 amide bonds. The number of carbonyl (C=O) groups excluding carboxylic acids is 2. The van der Waals surface area contributed by atoms with Crippen molar-refractivity contribution in [2.75, 3.05) is 13.2 Å². The predicted molar refractivity (Wildman–Crippen MR) is 105 cm³/mol. The molecule has 0 aliphatic heterocycles. The molecule has 0 aliphatic carbocycles. The van der Waals surface area contributed by atoms with E-state index in [1.807, 2.05) is 32.9 Å². The van der Waals surface area contributed by atoms with E-state index in [0.29, 0.717) is 42.5 Å². The van der Waals surface area contributed by atoms with Gasteiger partial charge in [0.1, 0.15) is 0 Å². The molecule has 7 nitrogen and oxygen atoms in total. The summed E-state index contributed by atoms with van der Waals surface area (Å²) in [6.45, 7) is 6.18. The fourth-order valence-electron chi connectivity index (χ4n) is 2.31. The van der Waals surface area contributed by atoms with Crippen LogP contribution in [-0.4, -0.2) is 35.2 Å². The molecule has 1 aromatic carbocycles. The van der Waals surface area contributed by atoms with E-state index in [4.69, 9.17) is 20.9 Å². The first-order valence-corrected chi connectivity index (χ1v) is 9.61. The van der Waals surface area contributed by atoms with Gasteiger partial charge in [-0.25, -0.2) is 0 Å². The van der Waals surface area contributed by atoms with Crippen LogP contribution >= 0.6 is 11.6 Å². The van der Waals surface area contributed by atoms with Crippen molar-refractivity contribution in [3.05, 3.63) is 46.6 Å². The molecule has 0 radical (unpaired) electrons. The number of nitrogens with one attached hydrogen (secondary N) is 1. The van der Waals surface area contributed by atoms with Crippen molar-refractivity contribution in [2.45, 2.75) is 51.9 Å². The highest BCUT2D eigenvalue weighted by molar-refractivity contribution is 6.30. The molecule has 1 aromatic heterocycles. The summed E-state index contributed by atoms with van der Waals surface area (Å²) in [5.74, 6) is 0.385. The average Bonchev–Trinajstić information content (AvgIpc) is 3.11. The third kappa shape index (κ3) is 7.68. The van der Waals surface area contributed by atoms with Crippen molar-refractivity contribution >= 4 is 23.5 Å². The van der Waals surface area contributed by atoms with Gasteiger partial charge in [-0.15, -0.1) is 0 Å². The van der Waals surface area contributed by atoms with Gasteiger partial charge in [-0.05, 0) is 30.5 Å². The predicted octanol–water partition coefficient (Wildman–Crippen LogP) is 3.25. The Morgan fingerprint density at radius 3 is 2.54 bits per heavy atom. The summed E-state index contributed by atoms with van der Waals surface area (Å²) in [6, 6.07) is 7.42. The molecule has 0 atom stereocenters. The van der Waals surface area contributed by atoms with Crippen molar-refractivity contribution in [3.8, 4) is 0 Å². The Labute approximate surface area is 169 Å². The molecule has 0 unspecified atom stereocenters. The summed E-state index contributed by atoms with van der Waals surface area (Å²) in [5.41, 5.74) is 0.888. The van der Waals surface area contributed by atoms with Crippen molar-refractivity contribution < 1.29 is 18.8 Å². The summed E-state index contributed by atoms with van der Waals surface area (Å²) < 4.78 is 10.2. The van der Waals surface area contributed by atoms with E-state index in [2.05, 4.69) is 15.5 Å². The number of ether oxygens (including phenoxy) is 1. The van der Waals surface area contributed by atoms with Crippen molar-refractivity contribution in [2.24, 2.45) is 0 Å². The lowest BCUT2D eigenvalue weighted by molar-refractivity contribution is -0.148. The van der Waals surface area contributed by atoms with Crippen LogP contribution in [0.1, 0.15) is 50.9 Å². The smallest absolute Gasteiger partial charge is 0.306 e. The Morgan fingerprint density at radius 2 is 1.89 bits per heavy atom. The molecule has 2 aromatic rings. The van der Waals surface area contributed by atoms with Crippen LogP contribution in [0.15, 0.2) is 28.8 Å². The first-order valence-electron chi connectivity index (χ1n) is 9.24. The molecule has 0 saturated carbocycles. The number of halogens is 1. The second-order valence-corrected chi connectivity index (χ2v) is 7.94. The zero-order valence-electron chi connectivity index (χ0n) is 16.5. The van der Waals surface area contributed by atoms with Gasteiger partial charge in [0.25, 0.3) is 5.91 Å². The molecule has 28 heavy (non-hydrogen) atoms. The lowest BCUT2D eigenvalue weighted by Gasteiger charge is -2.10. The number of carbonyl (C=O) groups is 2. The summed E-state index contributed by atoms with van der Waals surface area (Å²) in [5, 5.41) is 7.33. The molecule has 1 heterocycles. The van der Waals surface area contributed by atoms with Gasteiger partial charge in [0.15, 0.2) is 12.4 Å². The van der Waals surface area contributed by atoms with Crippen molar-refractivity contribution in [3.63, 3.8) is 0 Å². The standard InChI is InChI=1S/C20H26ClN3O4/c1-20(2,3)19-23-17(28-24-19)5-4-6-18(26)27-13-16(25)22-12-11-14-7-9-15(21)10-8-14/h7-10H,4-6,11-13H2,1-3H3,(H,22,25). The van der Waals surface area contributed by atoms with Crippen LogP contribution < -0.4 is 5.32 Å². The highest BCUT2D eigenvalue weighted by Gasteiger charge is 2.20. The van der Waals surface area contributed by atoms with Gasteiger partial charge < -0.3 is 14.6 Å². The highest BCUT2D eigenvalue weighted by atomic mass is 35.5. The van der Waals surface area contributed by atoms with E-state index >= 15 is 0 Å². The van der Waals surface area contributed by atoms with Crippen LogP contribution in [0, 0.1) is 0 Å². The van der Waals surface area contributed by atoms with E-state index in [0.717, 1.165) is 5.56 Å². The van der Waals surface area contributed by atoms with Gasteiger partial charge in [-0.3, -0.25) is 9.59 Å². The summed E-state index contributed by atoms with van der Waals surface area (Å²) >= 11 is 5.83. The minimum absolute atomic E-state index is 0.179. The number of amides is 1. The molecular formula is C20H26ClN3O4. The quantitative estimate of drug-likeness (QED) is 0.641. The highest BCUT2D eigenvalue weighted by Crippen LogP contribution is 2.19. The second-order valence-electron chi connectivity index (χ2n) is 7.50. The number of benzene rings is 1. The van der Waals surface area contributed by atoms with Gasteiger partial charge in [-0.2, -0.15) is 4.98 Å². The maximum Gasteiger partial charge on any atom is 0.306 e. The Balaban J connectivity index is 1.58. The Morgan fingerprint density at radius 1 is 1.18 bits per heavy atom. The summed E-state index contributed by atoms with van der Waals surface area (Å²) in [6.07, 6.45) is 1.87. The first kappa shape index (κ1) is 21.9. The first-order chi connectivity index (χ1) is 13.2. The lowest BCUT2D eigenvalue weighted by Crippen LogP contribution is -2.30. The molecule has 0 aliphatic rings. The molecule has 0 spiro atoms. The molecule has 0 saturated heterocycles. The van der Waals surface area contributed by atoms with E-state index in [1.54, 1.807) is 12.1 Å². The van der Waals surface area contributed by atoms with E-state index in [9.17, 15) is 9.59 Å². The number of aromatic nitrogens is 2. The van der Waals surface area contributed by atoms with Crippen LogP contribution in [0.2, 0.25) is 5.02 Å². The number of hydrogen-bond donors (Lipinski definition) is 1. The van der Waals surface area contributed by atoms with Crippen molar-refractivity contribution in [1.82, 2.24) is 15.5 Å². The third-order valence-electron chi connectivity index (χ3n) is 3.92. The number of nitrogens with zero attached hydrogens (tertiary/aromatic N) is 2. The second kappa shape index (κ2) is 10.2. The van der Waals surface area contributed by atoms with Crippen LogP contribution in [0.25, 0.3) is 0 Å². The van der Waals surface area contributed by atoms with Crippen LogP contribution in [0.4, 0.5) is 0 Å². The summed E-state index contributed by atoms with van der Waals surface area (Å²) in [4.78, 5) is 27.8. The van der Waals surface area contributed by atoms with E-state index in [-0.39, 0.29) is 24.3 Å². The maximum atomic E-state index is 11.7. The molecule has 2 rings (SSSR count). The average molecular weight is 408 g/mol. The topological polar surface area (TPSA) is 94.3 Å². The van der Waals surface area contributed by atoms with Gasteiger partial charge in [-0.1, -0.05) is 49.7 Å². The SMILES string of the molecule is CC(C)(C)c1noc(CCCC(=O)OCC(=O)NCCc2ccc(Cl)cc2)n1. The number of hydrogen-bond acceptors (Lipinski definition) is 6. The molecular weight excluding hydrogens is 382 g/mol. The van der Waals surface area contributed by atoms with Gasteiger partial charge >= 0.3 is 5.97 Å². The molecule has 0 fully saturated rings. The largest absolute Gasteiger partial charge is 0.456 e. The Hall–Kier alpha value is -2.41. The van der Waals surface area contributed by atoms with Gasteiger partial charge in [0.05, 0.1) is 0 Å². The van der Waals surface area contributed by atoms with Gasteiger partial charge in [0.2, 0.25) is 5.89 Å². The maximum absolute atomic E-state index is 11.7. The number of rotatable bonds is 9. The Kier molecular flexibility index (Phi) is 7.99. The van der Waals surface area contributed by atoms with Crippen LogP contribution in [0.3, 0.4) is 0 Å². The fourth-order valence-corrected chi connectivity index (χ4v) is 2.44. The van der Waals surface area contributed by atoms with Crippen LogP contribution in [0.5, 0.6) is 0 Å². The van der Waals surface area contributed by atoms with E-state index in [1.165, 1.54) is 0 Å². The van der Waals surface area contributed by atoms with Crippen molar-refractivity contribution in [1.29, 1.82) is 0 Å². The van der Waals surface area contributed by atoms with Crippen LogP contribution in [-0.2, 0) is 32.6 Å². The van der Waals surface area contributed by atoms with E-state index < -0.39 is 5.97 Å². The third-order valence-corrected chi connectivity index (χ3v) is 4.18. The van der Waals surface area contributed by atoms with Gasteiger partial charge in [0, 0.05) is 29.8 Å².